The molecule has 1 aromatic rings. The molecule has 0 saturated carbocycles. The fourth-order valence-electron chi connectivity index (χ4n) is 2.58. The van der Waals surface area contributed by atoms with Crippen molar-refractivity contribution in [2.45, 2.75) is 49.0 Å². The molecule has 1 atom stereocenters. The molecule has 0 aromatic heterocycles. The number of halogens is 3. The molecule has 1 aromatic carbocycles. The van der Waals surface area contributed by atoms with Crippen LogP contribution in [0.25, 0.3) is 0 Å². The first kappa shape index (κ1) is 22.8. The van der Waals surface area contributed by atoms with Gasteiger partial charge in [0.15, 0.2) is 5.60 Å². The van der Waals surface area contributed by atoms with E-state index in [4.69, 9.17) is 49.0 Å². The maximum atomic E-state index is 13.0. The Balaban J connectivity index is 2.44. The van der Waals surface area contributed by atoms with Crippen LogP contribution < -0.4 is 4.74 Å². The van der Waals surface area contributed by atoms with Crippen LogP contribution in [0, 0.1) is 5.92 Å². The second-order valence-corrected chi connectivity index (χ2v) is 9.67. The van der Waals surface area contributed by atoms with Crippen LogP contribution in [0.4, 0.5) is 0 Å². The molecule has 6 nitrogen and oxygen atoms in total. The average Bonchev–Trinajstić information content (AvgIpc) is 2.90. The lowest BCUT2D eigenvalue weighted by molar-refractivity contribution is -0.168. The highest BCUT2D eigenvalue weighted by atomic mass is 35.6. The van der Waals surface area contributed by atoms with E-state index < -0.39 is 26.9 Å². The average molecular weight is 451 g/mol. The van der Waals surface area contributed by atoms with E-state index in [-0.39, 0.29) is 18.2 Å². The van der Waals surface area contributed by atoms with Crippen molar-refractivity contribution in [1.82, 2.24) is 0 Å². The summed E-state index contributed by atoms with van der Waals surface area (Å²) >= 11 is 17.7. The summed E-state index contributed by atoms with van der Waals surface area (Å²) in [7, 11) is 1.54. The first-order chi connectivity index (χ1) is 12.8. The van der Waals surface area contributed by atoms with E-state index in [1.54, 1.807) is 24.3 Å². The summed E-state index contributed by atoms with van der Waals surface area (Å²) in [5.74, 6) is -1.15. The van der Waals surface area contributed by atoms with E-state index in [0.717, 1.165) is 0 Å². The number of hydrogen-bond acceptors (Lipinski definition) is 6. The zero-order valence-corrected chi connectivity index (χ0v) is 18.5. The Morgan fingerprint density at radius 2 is 1.79 bits per heavy atom. The van der Waals surface area contributed by atoms with Gasteiger partial charge in [0.1, 0.15) is 5.75 Å². The van der Waals surface area contributed by atoms with Crippen molar-refractivity contribution in [2.75, 3.05) is 7.11 Å². The van der Waals surface area contributed by atoms with Crippen LogP contribution in [-0.2, 0) is 19.1 Å². The number of benzene rings is 1. The van der Waals surface area contributed by atoms with Gasteiger partial charge in [-0.2, -0.15) is 0 Å². The molecule has 0 unspecified atom stereocenters. The Kier molecular flexibility index (Phi) is 6.58. The van der Waals surface area contributed by atoms with Gasteiger partial charge in [-0.25, -0.2) is 14.6 Å². The maximum Gasteiger partial charge on any atom is 0.352 e. The largest absolute Gasteiger partial charge is 0.497 e. The van der Waals surface area contributed by atoms with Crippen molar-refractivity contribution in [3.8, 4) is 5.75 Å². The first-order valence-electron chi connectivity index (χ1n) is 8.59. The van der Waals surface area contributed by atoms with Crippen LogP contribution in [0.15, 0.2) is 29.3 Å². The van der Waals surface area contributed by atoms with Crippen LogP contribution >= 0.6 is 34.8 Å². The molecule has 154 valence electrons. The van der Waals surface area contributed by atoms with Crippen molar-refractivity contribution in [2.24, 2.45) is 10.9 Å². The first-order valence-corrected chi connectivity index (χ1v) is 9.72. The van der Waals surface area contributed by atoms with Crippen LogP contribution in [0.3, 0.4) is 0 Å². The lowest BCUT2D eigenvalue weighted by atomic mass is 9.89. The summed E-state index contributed by atoms with van der Waals surface area (Å²) < 4.78 is 14.0. The second-order valence-electron chi connectivity index (χ2n) is 7.39. The number of carbonyl (C=O) groups is 2. The summed E-state index contributed by atoms with van der Waals surface area (Å²) in [4.78, 5) is 30.1. The number of carbonyl (C=O) groups excluding carboxylic acids is 2. The van der Waals surface area contributed by atoms with Crippen molar-refractivity contribution in [3.05, 3.63) is 29.8 Å². The minimum atomic E-state index is -1.90. The highest BCUT2D eigenvalue weighted by Crippen LogP contribution is 2.42. The molecular weight excluding hydrogens is 429 g/mol. The number of nitrogens with zero attached hydrogens (tertiary/aromatic N) is 1. The molecule has 0 spiro atoms. The highest BCUT2D eigenvalue weighted by Gasteiger charge is 2.57. The molecule has 0 N–H and O–H groups in total. The Labute approximate surface area is 179 Å². The summed E-state index contributed by atoms with van der Waals surface area (Å²) in [6.07, 6.45) is 0.0836. The molecular formula is C19H22Cl3NO5. The van der Waals surface area contributed by atoms with E-state index in [1.807, 2.05) is 13.8 Å². The lowest BCUT2D eigenvalue weighted by Gasteiger charge is -2.34. The van der Waals surface area contributed by atoms with Crippen molar-refractivity contribution in [3.63, 3.8) is 0 Å². The van der Waals surface area contributed by atoms with Gasteiger partial charge >= 0.3 is 11.9 Å². The Hall–Kier alpha value is -1.50. The number of rotatable bonds is 6. The van der Waals surface area contributed by atoms with E-state index in [1.165, 1.54) is 21.0 Å². The molecule has 1 heterocycles. The Morgan fingerprint density at radius 1 is 1.21 bits per heavy atom. The molecule has 2 rings (SSSR count). The van der Waals surface area contributed by atoms with Crippen LogP contribution in [-0.4, -0.2) is 39.9 Å². The molecule has 0 radical (unpaired) electrons. The van der Waals surface area contributed by atoms with Gasteiger partial charge < -0.3 is 14.2 Å². The molecule has 1 aliphatic rings. The van der Waals surface area contributed by atoms with Crippen molar-refractivity contribution >= 4 is 52.6 Å². The smallest absolute Gasteiger partial charge is 0.352 e. The van der Waals surface area contributed by atoms with Gasteiger partial charge in [-0.05, 0) is 50.5 Å². The van der Waals surface area contributed by atoms with Crippen LogP contribution in [0.2, 0.25) is 0 Å². The SMILES string of the molecule is COc1ccc(C2=N[C@@](CC(C)C)(C(=O)OC(C)(C)C(Cl)(Cl)Cl)C(=O)O2)cc1. The summed E-state index contributed by atoms with van der Waals surface area (Å²) in [5.41, 5.74) is -2.83. The molecule has 0 aliphatic carbocycles. The minimum absolute atomic E-state index is 0.0249. The predicted molar refractivity (Wildman–Crippen MR) is 108 cm³/mol. The Bertz CT molecular complexity index is 784. The third-order valence-corrected chi connectivity index (χ3v) is 5.59. The molecule has 28 heavy (non-hydrogen) atoms. The standard InChI is InChI=1S/C19H22Cl3NO5/c1-11(2)10-18(16(25)28-17(3,4)19(20,21)22)15(24)27-14(23-18)12-6-8-13(26-5)9-7-12/h6-9,11H,10H2,1-5H3/t18-/m1/s1. The van der Waals surface area contributed by atoms with Gasteiger partial charge in [-0.3, -0.25) is 0 Å². The van der Waals surface area contributed by atoms with Gasteiger partial charge in [0, 0.05) is 5.56 Å². The quantitative estimate of drug-likeness (QED) is 0.363. The van der Waals surface area contributed by atoms with E-state index in [0.29, 0.717) is 11.3 Å². The number of ether oxygens (including phenoxy) is 3. The van der Waals surface area contributed by atoms with Crippen molar-refractivity contribution < 1.29 is 23.8 Å². The van der Waals surface area contributed by atoms with Gasteiger partial charge in [0.2, 0.25) is 9.69 Å². The molecule has 0 fully saturated rings. The van der Waals surface area contributed by atoms with Gasteiger partial charge in [-0.1, -0.05) is 48.7 Å². The third-order valence-electron chi connectivity index (χ3n) is 4.23. The summed E-state index contributed by atoms with van der Waals surface area (Å²) in [6, 6.07) is 6.73. The fourth-order valence-corrected chi connectivity index (χ4v) is 2.69. The Morgan fingerprint density at radius 3 is 2.25 bits per heavy atom. The minimum Gasteiger partial charge on any atom is -0.497 e. The van der Waals surface area contributed by atoms with Gasteiger partial charge in [0.25, 0.3) is 5.54 Å². The van der Waals surface area contributed by atoms with Gasteiger partial charge in [0.05, 0.1) is 7.11 Å². The van der Waals surface area contributed by atoms with E-state index >= 15 is 0 Å². The highest BCUT2D eigenvalue weighted by molar-refractivity contribution is 6.68. The summed E-state index contributed by atoms with van der Waals surface area (Å²) in [6.45, 7) is 6.58. The topological polar surface area (TPSA) is 74.2 Å². The van der Waals surface area contributed by atoms with Crippen molar-refractivity contribution in [1.29, 1.82) is 0 Å². The van der Waals surface area contributed by atoms with Crippen LogP contribution in [0.1, 0.15) is 39.7 Å². The number of alkyl halides is 3. The molecule has 0 amide bonds. The number of aliphatic imine (C=N–C) groups is 1. The number of esters is 2. The zero-order chi connectivity index (χ0) is 21.3. The fraction of sp³-hybridized carbons (Fsp3) is 0.526. The maximum absolute atomic E-state index is 13.0. The molecule has 0 bridgehead atoms. The van der Waals surface area contributed by atoms with E-state index in [9.17, 15) is 9.59 Å². The molecule has 0 saturated heterocycles. The monoisotopic (exact) mass is 449 g/mol. The van der Waals surface area contributed by atoms with E-state index in [2.05, 4.69) is 4.99 Å². The molecule has 9 heteroatoms. The normalized spacial score (nSPS) is 20.0. The second kappa shape index (κ2) is 8.09. The van der Waals surface area contributed by atoms with Gasteiger partial charge in [-0.15, -0.1) is 0 Å². The molecule has 1 aliphatic heterocycles. The number of cyclic esters (lactones) is 1. The predicted octanol–water partition coefficient (Wildman–Crippen LogP) is 4.48. The third kappa shape index (κ3) is 4.56. The lowest BCUT2D eigenvalue weighted by Crippen LogP contribution is -2.51. The van der Waals surface area contributed by atoms with Crippen LogP contribution in [0.5, 0.6) is 5.75 Å². The number of methoxy groups -OCH3 is 1. The number of hydrogen-bond donors (Lipinski definition) is 0. The zero-order valence-electron chi connectivity index (χ0n) is 16.2. The summed E-state index contributed by atoms with van der Waals surface area (Å²) in [5, 5.41) is 0.